The summed E-state index contributed by atoms with van der Waals surface area (Å²) in [6, 6.07) is 14.1. The lowest BCUT2D eigenvalue weighted by Crippen LogP contribution is -2.26. The Hall–Kier alpha value is -1.13. The van der Waals surface area contributed by atoms with Gasteiger partial charge in [-0.25, -0.2) is 4.98 Å². The zero-order valence-corrected chi connectivity index (χ0v) is 13.3. The molecule has 0 fully saturated rings. The molecule has 0 radical (unpaired) electrons. The highest BCUT2D eigenvalue weighted by Gasteiger charge is 2.10. The fraction of sp³-hybridized carbons (Fsp3) is 0.312. The molecule has 0 unspecified atom stereocenters. The van der Waals surface area contributed by atoms with E-state index in [0.717, 1.165) is 31.6 Å². The van der Waals surface area contributed by atoms with Crippen molar-refractivity contribution in [3.63, 3.8) is 0 Å². The number of benzene rings is 1. The number of hydrogen-bond donors (Lipinski definition) is 1. The molecule has 3 nitrogen and oxygen atoms in total. The minimum atomic E-state index is 0.417. The van der Waals surface area contributed by atoms with Gasteiger partial charge in [-0.1, -0.05) is 59.6 Å². The zero-order valence-electron chi connectivity index (χ0n) is 11.8. The van der Waals surface area contributed by atoms with Crippen LogP contribution in [0.5, 0.6) is 0 Å². The van der Waals surface area contributed by atoms with Crippen molar-refractivity contribution in [2.75, 3.05) is 13.1 Å². The molecule has 1 aromatic carbocycles. The van der Waals surface area contributed by atoms with E-state index in [0.29, 0.717) is 16.9 Å². The Morgan fingerprint density at radius 2 is 1.76 bits per heavy atom. The number of pyridine rings is 1. The maximum Gasteiger partial charge on any atom is 0.135 e. The normalized spacial score (nSPS) is 11.0. The van der Waals surface area contributed by atoms with E-state index in [-0.39, 0.29) is 0 Å². The molecule has 0 bridgehead atoms. The summed E-state index contributed by atoms with van der Waals surface area (Å²) < 4.78 is 0. The van der Waals surface area contributed by atoms with E-state index in [2.05, 4.69) is 22.0 Å². The van der Waals surface area contributed by atoms with Gasteiger partial charge in [-0.15, -0.1) is 0 Å². The highest BCUT2D eigenvalue weighted by atomic mass is 35.5. The van der Waals surface area contributed by atoms with Crippen molar-refractivity contribution in [1.29, 1.82) is 0 Å². The molecule has 21 heavy (non-hydrogen) atoms. The molecule has 5 heteroatoms. The molecule has 1 heterocycles. The average molecular weight is 324 g/mol. The summed E-state index contributed by atoms with van der Waals surface area (Å²) in [4.78, 5) is 6.41. The van der Waals surface area contributed by atoms with Crippen LogP contribution < -0.4 is 5.73 Å². The molecular formula is C16H19Cl2N3. The summed E-state index contributed by atoms with van der Waals surface area (Å²) in [5.41, 5.74) is 7.88. The molecular weight excluding hydrogens is 305 g/mol. The van der Waals surface area contributed by atoms with Crippen LogP contribution in [0.1, 0.15) is 17.5 Å². The van der Waals surface area contributed by atoms with E-state index in [1.165, 1.54) is 5.56 Å². The van der Waals surface area contributed by atoms with Gasteiger partial charge < -0.3 is 5.73 Å². The molecule has 0 saturated heterocycles. The third kappa shape index (κ3) is 5.29. The van der Waals surface area contributed by atoms with Gasteiger partial charge in [0.1, 0.15) is 10.3 Å². The lowest BCUT2D eigenvalue weighted by Gasteiger charge is -2.22. The Labute approximate surface area is 135 Å². The first-order valence-corrected chi connectivity index (χ1v) is 7.72. The maximum atomic E-state index is 6.16. The fourth-order valence-electron chi connectivity index (χ4n) is 2.17. The number of hydrogen-bond acceptors (Lipinski definition) is 3. The van der Waals surface area contributed by atoms with Crippen LogP contribution in [0.2, 0.25) is 10.3 Å². The molecule has 0 atom stereocenters. The average Bonchev–Trinajstić information content (AvgIpc) is 2.48. The Morgan fingerprint density at radius 1 is 1.00 bits per heavy atom. The van der Waals surface area contributed by atoms with E-state index in [4.69, 9.17) is 28.9 Å². The molecule has 0 saturated carbocycles. The van der Waals surface area contributed by atoms with Gasteiger partial charge in [-0.2, -0.15) is 0 Å². The van der Waals surface area contributed by atoms with Crippen LogP contribution in [0.3, 0.4) is 0 Å². The third-order valence-corrected chi connectivity index (χ3v) is 3.75. The van der Waals surface area contributed by atoms with E-state index >= 15 is 0 Å². The molecule has 0 aliphatic carbocycles. The Bertz CT molecular complexity index is 561. The van der Waals surface area contributed by atoms with Gasteiger partial charge in [-0.05, 0) is 24.6 Å². The van der Waals surface area contributed by atoms with Gasteiger partial charge in [0, 0.05) is 25.2 Å². The van der Waals surface area contributed by atoms with Crippen molar-refractivity contribution < 1.29 is 0 Å². The van der Waals surface area contributed by atoms with Crippen molar-refractivity contribution in [1.82, 2.24) is 9.88 Å². The Kier molecular flexibility index (Phi) is 6.46. The fourth-order valence-corrected chi connectivity index (χ4v) is 2.57. The number of nitrogens with two attached hydrogens (primary N) is 1. The Balaban J connectivity index is 2.08. The predicted octanol–water partition coefficient (Wildman–Crippen LogP) is 3.74. The van der Waals surface area contributed by atoms with Gasteiger partial charge in [0.15, 0.2) is 0 Å². The summed E-state index contributed by atoms with van der Waals surface area (Å²) in [6.45, 7) is 3.19. The number of nitrogens with zero attached hydrogens (tertiary/aromatic N) is 2. The van der Waals surface area contributed by atoms with E-state index < -0.39 is 0 Å². The van der Waals surface area contributed by atoms with Crippen molar-refractivity contribution in [2.45, 2.75) is 19.5 Å². The van der Waals surface area contributed by atoms with Crippen LogP contribution in [0.25, 0.3) is 0 Å². The summed E-state index contributed by atoms with van der Waals surface area (Å²) >= 11 is 12.0. The van der Waals surface area contributed by atoms with Crippen molar-refractivity contribution in [2.24, 2.45) is 5.73 Å². The molecule has 2 aromatic rings. The molecule has 0 aliphatic heterocycles. The molecule has 112 valence electrons. The summed E-state index contributed by atoms with van der Waals surface area (Å²) in [5.74, 6) is 0. The van der Waals surface area contributed by atoms with E-state index in [1.807, 2.05) is 24.3 Å². The first kappa shape index (κ1) is 16.2. The van der Waals surface area contributed by atoms with Crippen LogP contribution in [0.4, 0.5) is 0 Å². The molecule has 2 rings (SSSR count). The maximum absolute atomic E-state index is 6.16. The number of halogens is 2. The SMILES string of the molecule is NCCCN(Cc1ccccc1)Cc1ccc(Cl)nc1Cl. The summed E-state index contributed by atoms with van der Waals surface area (Å²) in [5, 5.41) is 0.883. The van der Waals surface area contributed by atoms with Crippen LogP contribution in [0, 0.1) is 0 Å². The van der Waals surface area contributed by atoms with Gasteiger partial charge in [0.05, 0.1) is 0 Å². The van der Waals surface area contributed by atoms with Gasteiger partial charge in [0.2, 0.25) is 0 Å². The predicted molar refractivity (Wildman–Crippen MR) is 88.5 cm³/mol. The lowest BCUT2D eigenvalue weighted by molar-refractivity contribution is 0.255. The smallest absolute Gasteiger partial charge is 0.135 e. The van der Waals surface area contributed by atoms with Crippen LogP contribution in [-0.4, -0.2) is 23.0 Å². The first-order chi connectivity index (χ1) is 10.2. The highest BCUT2D eigenvalue weighted by Crippen LogP contribution is 2.19. The van der Waals surface area contributed by atoms with Gasteiger partial charge in [-0.3, -0.25) is 4.90 Å². The van der Waals surface area contributed by atoms with Crippen molar-refractivity contribution >= 4 is 23.2 Å². The van der Waals surface area contributed by atoms with Crippen LogP contribution in [0.15, 0.2) is 42.5 Å². The topological polar surface area (TPSA) is 42.1 Å². The largest absolute Gasteiger partial charge is 0.330 e. The molecule has 0 amide bonds. The van der Waals surface area contributed by atoms with Crippen molar-refractivity contribution in [3.05, 3.63) is 63.9 Å². The minimum Gasteiger partial charge on any atom is -0.330 e. The van der Waals surface area contributed by atoms with E-state index in [9.17, 15) is 0 Å². The van der Waals surface area contributed by atoms with Crippen molar-refractivity contribution in [3.8, 4) is 0 Å². The Morgan fingerprint density at radius 3 is 2.43 bits per heavy atom. The van der Waals surface area contributed by atoms with Gasteiger partial charge >= 0.3 is 0 Å². The van der Waals surface area contributed by atoms with Gasteiger partial charge in [0.25, 0.3) is 0 Å². The van der Waals surface area contributed by atoms with Crippen LogP contribution >= 0.6 is 23.2 Å². The summed E-state index contributed by atoms with van der Waals surface area (Å²) in [6.07, 6.45) is 0.950. The standard InChI is InChI=1S/C16H19Cl2N3/c17-15-8-7-14(16(18)20-15)12-21(10-4-9-19)11-13-5-2-1-3-6-13/h1-3,5-8H,4,9-12,19H2. The van der Waals surface area contributed by atoms with E-state index in [1.54, 1.807) is 6.07 Å². The number of aromatic nitrogens is 1. The third-order valence-electron chi connectivity index (χ3n) is 3.21. The highest BCUT2D eigenvalue weighted by molar-refractivity contribution is 6.32. The summed E-state index contributed by atoms with van der Waals surface area (Å²) in [7, 11) is 0. The molecule has 1 aromatic heterocycles. The quantitative estimate of drug-likeness (QED) is 0.789. The molecule has 2 N–H and O–H groups in total. The second kappa shape index (κ2) is 8.35. The monoisotopic (exact) mass is 323 g/mol. The second-order valence-corrected chi connectivity index (χ2v) is 5.67. The zero-order chi connectivity index (χ0) is 15.1. The first-order valence-electron chi connectivity index (χ1n) is 6.96. The van der Waals surface area contributed by atoms with Crippen LogP contribution in [-0.2, 0) is 13.1 Å². The molecule has 0 spiro atoms. The number of rotatable bonds is 7. The lowest BCUT2D eigenvalue weighted by atomic mass is 10.2. The molecule has 0 aliphatic rings. The second-order valence-electron chi connectivity index (χ2n) is 4.92. The minimum absolute atomic E-state index is 0.417.